The second-order valence-electron chi connectivity index (χ2n) is 4.81. The van der Waals surface area contributed by atoms with E-state index in [1.54, 1.807) is 12.1 Å². The van der Waals surface area contributed by atoms with Gasteiger partial charge >= 0.3 is 0 Å². The number of benzene rings is 1. The van der Waals surface area contributed by atoms with Crippen molar-refractivity contribution in [2.24, 2.45) is 0 Å². The largest absolute Gasteiger partial charge is 0.490 e. The van der Waals surface area contributed by atoms with Crippen LogP contribution in [0.2, 0.25) is 0 Å². The number of carbonyl (C=O) groups is 2. The fourth-order valence-corrected chi connectivity index (χ4v) is 2.21. The quantitative estimate of drug-likeness (QED) is 0.719. The van der Waals surface area contributed by atoms with Crippen LogP contribution in [0.4, 0.5) is 11.4 Å². The van der Waals surface area contributed by atoms with E-state index in [0.29, 0.717) is 30.0 Å². The van der Waals surface area contributed by atoms with Crippen LogP contribution in [0.1, 0.15) is 18.9 Å². The molecule has 0 aromatic heterocycles. The number of rotatable bonds is 5. The van der Waals surface area contributed by atoms with Gasteiger partial charge in [0.25, 0.3) is 0 Å². The van der Waals surface area contributed by atoms with Gasteiger partial charge in [-0.3, -0.25) is 9.59 Å². The molecule has 0 aliphatic carbocycles. The molecule has 1 unspecified atom stereocenters. The minimum Gasteiger partial charge on any atom is -0.490 e. The number of ether oxygens (including phenoxy) is 1. The van der Waals surface area contributed by atoms with Crippen LogP contribution in [0.3, 0.4) is 0 Å². The summed E-state index contributed by atoms with van der Waals surface area (Å²) in [5.41, 5.74) is 1.90. The van der Waals surface area contributed by atoms with Crippen LogP contribution in [0.15, 0.2) is 12.1 Å². The fourth-order valence-electron chi connectivity index (χ4n) is 2.12. The lowest BCUT2D eigenvalue weighted by Gasteiger charge is -2.23. The second-order valence-corrected chi connectivity index (χ2v) is 5.12. The number of aliphatic hydroxyl groups excluding tert-OH is 1. The SMILES string of the molecule is CC(=O)Nc1ccc(OCC(O)CCl)c2c1NC(=O)CC2. The van der Waals surface area contributed by atoms with Gasteiger partial charge in [-0.15, -0.1) is 11.6 Å². The third-order valence-corrected chi connectivity index (χ3v) is 3.41. The predicted molar refractivity (Wildman–Crippen MR) is 79.9 cm³/mol. The van der Waals surface area contributed by atoms with Crippen molar-refractivity contribution >= 4 is 34.8 Å². The molecule has 0 fully saturated rings. The Balaban J connectivity index is 2.29. The molecule has 114 valence electrons. The van der Waals surface area contributed by atoms with Crippen molar-refractivity contribution in [3.05, 3.63) is 17.7 Å². The lowest BCUT2D eigenvalue weighted by Crippen LogP contribution is -2.23. The first-order chi connectivity index (χ1) is 10.0. The molecule has 2 rings (SSSR count). The van der Waals surface area contributed by atoms with E-state index in [-0.39, 0.29) is 24.3 Å². The molecule has 1 aliphatic heterocycles. The van der Waals surface area contributed by atoms with Gasteiger partial charge in [-0.1, -0.05) is 0 Å². The monoisotopic (exact) mass is 312 g/mol. The maximum absolute atomic E-state index is 11.6. The molecule has 0 radical (unpaired) electrons. The first-order valence-electron chi connectivity index (χ1n) is 6.61. The topological polar surface area (TPSA) is 87.7 Å². The van der Waals surface area contributed by atoms with E-state index < -0.39 is 6.10 Å². The molecule has 1 aromatic carbocycles. The van der Waals surface area contributed by atoms with E-state index >= 15 is 0 Å². The molecule has 7 heteroatoms. The summed E-state index contributed by atoms with van der Waals surface area (Å²) < 4.78 is 5.55. The molecular formula is C14H17ClN2O4. The fraction of sp³-hybridized carbons (Fsp3) is 0.429. The highest BCUT2D eigenvalue weighted by Crippen LogP contribution is 2.37. The number of alkyl halides is 1. The Hall–Kier alpha value is -1.79. The molecule has 0 saturated carbocycles. The molecule has 2 amide bonds. The summed E-state index contributed by atoms with van der Waals surface area (Å²) in [5.74, 6) is 0.335. The molecule has 21 heavy (non-hydrogen) atoms. The summed E-state index contributed by atoms with van der Waals surface area (Å²) in [4.78, 5) is 22.8. The summed E-state index contributed by atoms with van der Waals surface area (Å²) >= 11 is 5.53. The molecule has 0 saturated heterocycles. The first-order valence-corrected chi connectivity index (χ1v) is 7.15. The zero-order chi connectivity index (χ0) is 15.4. The van der Waals surface area contributed by atoms with Crippen LogP contribution >= 0.6 is 11.6 Å². The number of aliphatic hydroxyl groups is 1. The molecule has 3 N–H and O–H groups in total. The van der Waals surface area contributed by atoms with E-state index in [1.807, 2.05) is 0 Å². The van der Waals surface area contributed by atoms with Gasteiger partial charge in [-0.2, -0.15) is 0 Å². The Morgan fingerprint density at radius 2 is 2.29 bits per heavy atom. The summed E-state index contributed by atoms with van der Waals surface area (Å²) in [7, 11) is 0. The van der Waals surface area contributed by atoms with E-state index in [0.717, 1.165) is 5.56 Å². The highest BCUT2D eigenvalue weighted by Gasteiger charge is 2.22. The van der Waals surface area contributed by atoms with Crippen molar-refractivity contribution in [1.29, 1.82) is 0 Å². The molecule has 1 aromatic rings. The highest BCUT2D eigenvalue weighted by molar-refractivity contribution is 6.18. The van der Waals surface area contributed by atoms with E-state index in [1.165, 1.54) is 6.92 Å². The van der Waals surface area contributed by atoms with Gasteiger partial charge in [0.15, 0.2) is 0 Å². The molecule has 0 bridgehead atoms. The third kappa shape index (κ3) is 3.86. The summed E-state index contributed by atoms with van der Waals surface area (Å²) in [6.07, 6.45) is 0.113. The summed E-state index contributed by atoms with van der Waals surface area (Å²) in [5, 5.41) is 14.9. The zero-order valence-corrected chi connectivity index (χ0v) is 12.4. The van der Waals surface area contributed by atoms with Gasteiger partial charge in [0.2, 0.25) is 11.8 Å². The number of nitrogens with one attached hydrogen (secondary N) is 2. The number of hydrogen-bond donors (Lipinski definition) is 3. The lowest BCUT2D eigenvalue weighted by molar-refractivity contribution is -0.116. The average Bonchev–Trinajstić information content (AvgIpc) is 2.45. The number of fused-ring (bicyclic) bond motifs is 1. The Bertz CT molecular complexity index is 562. The minimum atomic E-state index is -0.754. The molecule has 1 heterocycles. The number of carbonyl (C=O) groups excluding carboxylic acids is 2. The van der Waals surface area contributed by atoms with Crippen molar-refractivity contribution < 1.29 is 19.4 Å². The van der Waals surface area contributed by atoms with E-state index in [4.69, 9.17) is 16.3 Å². The highest BCUT2D eigenvalue weighted by atomic mass is 35.5. The number of halogens is 1. The van der Waals surface area contributed by atoms with Crippen molar-refractivity contribution in [3.8, 4) is 5.75 Å². The normalized spacial score (nSPS) is 14.9. The zero-order valence-electron chi connectivity index (χ0n) is 11.6. The van der Waals surface area contributed by atoms with Crippen molar-refractivity contribution in [2.75, 3.05) is 23.1 Å². The van der Waals surface area contributed by atoms with Gasteiger partial charge in [-0.05, 0) is 18.6 Å². The standard InChI is InChI=1S/C14H17ClN2O4/c1-8(18)16-11-3-4-12(21-7-9(19)6-15)10-2-5-13(20)17-14(10)11/h3-4,9,19H,2,5-7H2,1H3,(H,16,18)(H,17,20). The number of amides is 2. The molecule has 1 aliphatic rings. The van der Waals surface area contributed by atoms with Crippen molar-refractivity contribution in [2.45, 2.75) is 25.9 Å². The molecular weight excluding hydrogens is 296 g/mol. The molecule has 0 spiro atoms. The maximum atomic E-state index is 11.6. The Kier molecular flexibility index (Phi) is 5.03. The second kappa shape index (κ2) is 6.78. The average molecular weight is 313 g/mol. The van der Waals surface area contributed by atoms with Crippen LogP contribution in [-0.2, 0) is 16.0 Å². The van der Waals surface area contributed by atoms with Crippen LogP contribution in [0.5, 0.6) is 5.75 Å². The lowest BCUT2D eigenvalue weighted by atomic mass is 10.0. The Labute approximate surface area is 127 Å². The van der Waals surface area contributed by atoms with Gasteiger partial charge in [0.05, 0.1) is 17.3 Å². The van der Waals surface area contributed by atoms with Gasteiger partial charge in [-0.25, -0.2) is 0 Å². The van der Waals surface area contributed by atoms with Crippen LogP contribution in [0.25, 0.3) is 0 Å². The Morgan fingerprint density at radius 1 is 1.52 bits per heavy atom. The minimum absolute atomic E-state index is 0.0728. The van der Waals surface area contributed by atoms with Gasteiger partial charge in [0.1, 0.15) is 18.5 Å². The van der Waals surface area contributed by atoms with E-state index in [9.17, 15) is 14.7 Å². The van der Waals surface area contributed by atoms with Gasteiger partial charge < -0.3 is 20.5 Å². The smallest absolute Gasteiger partial charge is 0.224 e. The summed E-state index contributed by atoms with van der Waals surface area (Å²) in [6, 6.07) is 3.37. The maximum Gasteiger partial charge on any atom is 0.224 e. The van der Waals surface area contributed by atoms with Crippen molar-refractivity contribution in [1.82, 2.24) is 0 Å². The van der Waals surface area contributed by atoms with Crippen LogP contribution in [0, 0.1) is 0 Å². The van der Waals surface area contributed by atoms with Gasteiger partial charge in [0, 0.05) is 18.9 Å². The van der Waals surface area contributed by atoms with E-state index in [2.05, 4.69) is 10.6 Å². The first kappa shape index (κ1) is 15.6. The Morgan fingerprint density at radius 3 is 2.95 bits per heavy atom. The third-order valence-electron chi connectivity index (χ3n) is 3.06. The summed E-state index contributed by atoms with van der Waals surface area (Å²) in [6.45, 7) is 1.47. The number of anilines is 2. The van der Waals surface area contributed by atoms with Crippen LogP contribution < -0.4 is 15.4 Å². The number of hydrogen-bond acceptors (Lipinski definition) is 4. The molecule has 1 atom stereocenters. The molecule has 6 nitrogen and oxygen atoms in total. The van der Waals surface area contributed by atoms with Crippen molar-refractivity contribution in [3.63, 3.8) is 0 Å². The predicted octanol–water partition coefficient (Wildman–Crippen LogP) is 1.51. The van der Waals surface area contributed by atoms with Crippen LogP contribution in [-0.4, -0.2) is 35.5 Å².